The van der Waals surface area contributed by atoms with Crippen LogP contribution in [0.15, 0.2) is 78.9 Å². The van der Waals surface area contributed by atoms with Crippen molar-refractivity contribution >= 4 is 11.8 Å². The number of rotatable bonds is 12. The minimum Gasteiger partial charge on any atom is -0.352 e. The average molecular weight is 485 g/mol. The minimum absolute atomic E-state index is 0.00180. The number of carbonyl (C=O) groups is 2. The lowest BCUT2D eigenvalue weighted by Gasteiger charge is -2.33. The van der Waals surface area contributed by atoms with E-state index in [-0.39, 0.29) is 17.9 Å². The molecule has 0 saturated heterocycles. The lowest BCUT2D eigenvalue weighted by Crippen LogP contribution is -2.52. The molecule has 0 fully saturated rings. The molecule has 0 bridgehead atoms. The van der Waals surface area contributed by atoms with Gasteiger partial charge in [-0.3, -0.25) is 9.59 Å². The van der Waals surface area contributed by atoms with Gasteiger partial charge in [0.2, 0.25) is 11.8 Å². The molecule has 4 heteroatoms. The molecule has 3 aromatic carbocycles. The number of carbonyl (C=O) groups excluding carboxylic acids is 2. The Morgan fingerprint density at radius 1 is 0.833 bits per heavy atom. The van der Waals surface area contributed by atoms with Gasteiger partial charge in [0.15, 0.2) is 0 Å². The molecule has 0 aliphatic carbocycles. The van der Waals surface area contributed by atoms with Crippen LogP contribution in [0.5, 0.6) is 0 Å². The van der Waals surface area contributed by atoms with E-state index in [4.69, 9.17) is 0 Å². The van der Waals surface area contributed by atoms with E-state index in [0.29, 0.717) is 25.8 Å². The molecule has 0 aromatic heterocycles. The molecule has 4 nitrogen and oxygen atoms in total. The molecule has 2 amide bonds. The van der Waals surface area contributed by atoms with E-state index in [1.165, 1.54) is 5.56 Å². The standard InChI is InChI=1S/C32H40N2O2/c1-5-25(4)33-32(36)30(22-28-13-8-7-9-14-28)34(23-29-15-11-10-12-24(29)3)31(35)21-20-27-18-16-26(6-2)17-19-27/h7-19,25,30H,5-6,20-23H2,1-4H3,(H,33,36). The third-order valence-corrected chi connectivity index (χ3v) is 6.93. The first kappa shape index (κ1) is 27.2. The van der Waals surface area contributed by atoms with Crippen molar-refractivity contribution in [3.8, 4) is 0 Å². The van der Waals surface area contributed by atoms with Crippen LogP contribution in [-0.4, -0.2) is 28.8 Å². The molecule has 0 saturated carbocycles. The number of aryl methyl sites for hydroxylation is 3. The van der Waals surface area contributed by atoms with Crippen LogP contribution >= 0.6 is 0 Å². The van der Waals surface area contributed by atoms with Crippen molar-refractivity contribution in [2.45, 2.75) is 78.4 Å². The van der Waals surface area contributed by atoms with Crippen LogP contribution in [-0.2, 0) is 35.4 Å². The molecule has 0 heterocycles. The van der Waals surface area contributed by atoms with E-state index >= 15 is 0 Å². The number of amides is 2. The average Bonchev–Trinajstić information content (AvgIpc) is 2.91. The van der Waals surface area contributed by atoms with Crippen LogP contribution in [0.25, 0.3) is 0 Å². The molecule has 0 radical (unpaired) electrons. The van der Waals surface area contributed by atoms with Crippen molar-refractivity contribution in [1.29, 1.82) is 0 Å². The van der Waals surface area contributed by atoms with Gasteiger partial charge < -0.3 is 10.2 Å². The number of nitrogens with one attached hydrogen (secondary N) is 1. The van der Waals surface area contributed by atoms with Crippen LogP contribution in [0.1, 0.15) is 61.4 Å². The van der Waals surface area contributed by atoms with Gasteiger partial charge in [0, 0.05) is 25.4 Å². The minimum atomic E-state index is -0.587. The van der Waals surface area contributed by atoms with Crippen molar-refractivity contribution in [1.82, 2.24) is 10.2 Å². The van der Waals surface area contributed by atoms with E-state index in [2.05, 4.69) is 56.4 Å². The fourth-order valence-corrected chi connectivity index (χ4v) is 4.30. The van der Waals surface area contributed by atoms with E-state index in [1.54, 1.807) is 4.90 Å². The molecule has 36 heavy (non-hydrogen) atoms. The van der Waals surface area contributed by atoms with Crippen molar-refractivity contribution in [3.05, 3.63) is 107 Å². The highest BCUT2D eigenvalue weighted by Gasteiger charge is 2.31. The van der Waals surface area contributed by atoms with Gasteiger partial charge in [0.1, 0.15) is 6.04 Å². The van der Waals surface area contributed by atoms with Crippen molar-refractivity contribution in [3.63, 3.8) is 0 Å². The zero-order chi connectivity index (χ0) is 25.9. The summed E-state index contributed by atoms with van der Waals surface area (Å²) in [6.45, 7) is 8.66. The summed E-state index contributed by atoms with van der Waals surface area (Å²) in [4.78, 5) is 29.2. The first-order valence-electron chi connectivity index (χ1n) is 13.2. The molecule has 3 rings (SSSR count). The molecule has 190 valence electrons. The largest absolute Gasteiger partial charge is 0.352 e. The second kappa shape index (κ2) is 13.6. The van der Waals surface area contributed by atoms with Gasteiger partial charge in [-0.15, -0.1) is 0 Å². The van der Waals surface area contributed by atoms with Gasteiger partial charge in [-0.2, -0.15) is 0 Å². The lowest BCUT2D eigenvalue weighted by atomic mass is 10.00. The monoisotopic (exact) mass is 484 g/mol. The Hall–Kier alpha value is -3.40. The second-order valence-corrected chi connectivity index (χ2v) is 9.64. The van der Waals surface area contributed by atoms with Gasteiger partial charge in [0.25, 0.3) is 0 Å². The first-order chi connectivity index (χ1) is 17.4. The molecular weight excluding hydrogens is 444 g/mol. The number of hydrogen-bond acceptors (Lipinski definition) is 2. The summed E-state index contributed by atoms with van der Waals surface area (Å²) < 4.78 is 0. The molecular formula is C32H40N2O2. The van der Waals surface area contributed by atoms with Crippen molar-refractivity contribution in [2.24, 2.45) is 0 Å². The molecule has 3 aromatic rings. The third-order valence-electron chi connectivity index (χ3n) is 6.93. The van der Waals surface area contributed by atoms with E-state index in [1.807, 2.05) is 55.5 Å². The molecule has 1 N–H and O–H groups in total. The number of benzene rings is 3. The Kier molecular flexibility index (Phi) is 10.3. The van der Waals surface area contributed by atoms with Gasteiger partial charge in [0.05, 0.1) is 0 Å². The van der Waals surface area contributed by atoms with E-state index < -0.39 is 6.04 Å². The van der Waals surface area contributed by atoms with Crippen LogP contribution in [0, 0.1) is 6.92 Å². The molecule has 0 aliphatic rings. The molecule has 2 atom stereocenters. The van der Waals surface area contributed by atoms with Gasteiger partial charge in [-0.25, -0.2) is 0 Å². The molecule has 0 aliphatic heterocycles. The summed E-state index contributed by atoms with van der Waals surface area (Å²) in [5.41, 5.74) is 5.65. The van der Waals surface area contributed by atoms with Gasteiger partial charge in [-0.1, -0.05) is 92.7 Å². The van der Waals surface area contributed by atoms with Crippen LogP contribution in [0.4, 0.5) is 0 Å². The van der Waals surface area contributed by atoms with Crippen molar-refractivity contribution < 1.29 is 9.59 Å². The Morgan fingerprint density at radius 3 is 2.11 bits per heavy atom. The highest BCUT2D eigenvalue weighted by Crippen LogP contribution is 2.19. The second-order valence-electron chi connectivity index (χ2n) is 9.64. The first-order valence-corrected chi connectivity index (χ1v) is 13.2. The van der Waals surface area contributed by atoms with Gasteiger partial charge >= 0.3 is 0 Å². The summed E-state index contributed by atoms with van der Waals surface area (Å²) in [6.07, 6.45) is 3.32. The maximum atomic E-state index is 13.8. The Morgan fingerprint density at radius 2 is 1.47 bits per heavy atom. The fraction of sp³-hybridized carbons (Fsp3) is 0.375. The highest BCUT2D eigenvalue weighted by atomic mass is 16.2. The zero-order valence-corrected chi connectivity index (χ0v) is 22.2. The van der Waals surface area contributed by atoms with Crippen LogP contribution in [0.3, 0.4) is 0 Å². The summed E-state index contributed by atoms with van der Waals surface area (Å²) in [5.74, 6) is -0.0968. The summed E-state index contributed by atoms with van der Waals surface area (Å²) >= 11 is 0. The highest BCUT2D eigenvalue weighted by molar-refractivity contribution is 5.88. The van der Waals surface area contributed by atoms with E-state index in [0.717, 1.165) is 35.1 Å². The number of hydrogen-bond donors (Lipinski definition) is 1. The maximum Gasteiger partial charge on any atom is 0.243 e. The molecule has 0 spiro atoms. The normalized spacial score (nSPS) is 12.6. The smallest absolute Gasteiger partial charge is 0.243 e. The van der Waals surface area contributed by atoms with E-state index in [9.17, 15) is 9.59 Å². The maximum absolute atomic E-state index is 13.8. The molecule has 2 unspecified atom stereocenters. The topological polar surface area (TPSA) is 49.4 Å². The quantitative estimate of drug-likeness (QED) is 0.340. The van der Waals surface area contributed by atoms with Crippen LogP contribution < -0.4 is 5.32 Å². The predicted octanol–water partition coefficient (Wildman–Crippen LogP) is 6.04. The number of nitrogens with zero attached hydrogens (tertiary/aromatic N) is 1. The fourth-order valence-electron chi connectivity index (χ4n) is 4.30. The Bertz CT molecular complexity index is 1110. The Balaban J connectivity index is 1.90. The van der Waals surface area contributed by atoms with Crippen LogP contribution in [0.2, 0.25) is 0 Å². The Labute approximate surface area is 216 Å². The zero-order valence-electron chi connectivity index (χ0n) is 22.2. The van der Waals surface area contributed by atoms with Crippen molar-refractivity contribution in [2.75, 3.05) is 0 Å². The summed E-state index contributed by atoms with van der Waals surface area (Å²) in [7, 11) is 0. The summed E-state index contributed by atoms with van der Waals surface area (Å²) in [6, 6.07) is 26.0. The predicted molar refractivity (Wildman–Crippen MR) is 148 cm³/mol. The third kappa shape index (κ3) is 7.81. The summed E-state index contributed by atoms with van der Waals surface area (Å²) in [5, 5.41) is 3.14. The lowest BCUT2D eigenvalue weighted by molar-refractivity contribution is -0.141. The SMILES string of the molecule is CCc1ccc(CCC(=O)N(Cc2ccccc2C)C(Cc2ccccc2)C(=O)NC(C)CC)cc1. The van der Waals surface area contributed by atoms with Gasteiger partial charge in [-0.05, 0) is 60.9 Å².